The molecule has 0 amide bonds. The number of para-hydroxylation sites is 3. The van der Waals surface area contributed by atoms with Gasteiger partial charge in [0, 0.05) is 51.5 Å². The number of aryl methyl sites for hydroxylation is 1. The molecule has 0 saturated carbocycles. The van der Waals surface area contributed by atoms with Crippen LogP contribution in [0.3, 0.4) is 0 Å². The molecule has 0 aliphatic rings. The summed E-state index contributed by atoms with van der Waals surface area (Å²) in [5.74, 6) is 0. The van der Waals surface area contributed by atoms with E-state index >= 15 is 0 Å². The molecule has 4 heteroatoms. The second-order valence-electron chi connectivity index (χ2n) is 9.69. The molecule has 0 aliphatic carbocycles. The molecule has 7 aromatic rings. The molecule has 186 valence electrons. The monoisotopic (exact) mass is 502 g/mol. The Morgan fingerprint density at radius 1 is 0.538 bits per heavy atom. The van der Waals surface area contributed by atoms with Crippen LogP contribution >= 0.6 is 0 Å². The van der Waals surface area contributed by atoms with Crippen LogP contribution in [0.2, 0.25) is 0 Å². The Labute approximate surface area is 227 Å². The molecule has 0 atom stereocenters. The van der Waals surface area contributed by atoms with Crippen molar-refractivity contribution in [3.8, 4) is 16.8 Å². The molecular formula is C35H26N4. The molecule has 39 heavy (non-hydrogen) atoms. The third-order valence-electron chi connectivity index (χ3n) is 7.27. The van der Waals surface area contributed by atoms with Gasteiger partial charge in [-0.3, -0.25) is 0 Å². The summed E-state index contributed by atoms with van der Waals surface area (Å²) in [5, 5.41) is 2.45. The lowest BCUT2D eigenvalue weighted by Gasteiger charge is -2.25. The van der Waals surface area contributed by atoms with Crippen molar-refractivity contribution in [2.45, 2.75) is 6.92 Å². The lowest BCUT2D eigenvalue weighted by atomic mass is 10.0. The summed E-state index contributed by atoms with van der Waals surface area (Å²) in [7, 11) is 0. The Hall–Kier alpha value is -5.22. The van der Waals surface area contributed by atoms with E-state index in [1.54, 1.807) is 6.33 Å². The van der Waals surface area contributed by atoms with Crippen molar-refractivity contribution in [2.24, 2.45) is 0 Å². The van der Waals surface area contributed by atoms with Crippen LogP contribution in [-0.2, 0) is 0 Å². The summed E-state index contributed by atoms with van der Waals surface area (Å²) in [6.45, 7) is 2.17. The minimum Gasteiger partial charge on any atom is -0.310 e. The summed E-state index contributed by atoms with van der Waals surface area (Å²) in [4.78, 5) is 10.7. The van der Waals surface area contributed by atoms with Gasteiger partial charge in [0.15, 0.2) is 0 Å². The third kappa shape index (κ3) is 4.03. The topological polar surface area (TPSA) is 34.0 Å². The Kier molecular flexibility index (Phi) is 5.64. The normalized spacial score (nSPS) is 11.2. The number of hydrogen-bond acceptors (Lipinski definition) is 3. The van der Waals surface area contributed by atoms with Crippen LogP contribution in [0.1, 0.15) is 5.56 Å². The van der Waals surface area contributed by atoms with Crippen LogP contribution < -0.4 is 4.90 Å². The maximum Gasteiger partial charge on any atom is 0.115 e. The van der Waals surface area contributed by atoms with E-state index in [0.29, 0.717) is 0 Å². The fourth-order valence-corrected chi connectivity index (χ4v) is 5.49. The molecule has 0 unspecified atom stereocenters. The molecule has 4 nitrogen and oxygen atoms in total. The minimum absolute atomic E-state index is 1.01. The van der Waals surface area contributed by atoms with Gasteiger partial charge in [-0.25, -0.2) is 9.97 Å². The fourth-order valence-electron chi connectivity index (χ4n) is 5.49. The molecule has 2 heterocycles. The Morgan fingerprint density at radius 2 is 1.18 bits per heavy atom. The Morgan fingerprint density at radius 3 is 1.87 bits per heavy atom. The van der Waals surface area contributed by atoms with Crippen molar-refractivity contribution in [1.29, 1.82) is 0 Å². The zero-order valence-corrected chi connectivity index (χ0v) is 21.6. The molecule has 7 rings (SSSR count). The van der Waals surface area contributed by atoms with Gasteiger partial charge in [-0.1, -0.05) is 60.7 Å². The summed E-state index contributed by atoms with van der Waals surface area (Å²) in [6, 6.07) is 43.1. The highest BCUT2D eigenvalue weighted by atomic mass is 15.1. The summed E-state index contributed by atoms with van der Waals surface area (Å²) in [5.41, 5.74) is 10.2. The first kappa shape index (κ1) is 22.9. The number of benzene rings is 5. The second kappa shape index (κ2) is 9.58. The average Bonchev–Trinajstić information content (AvgIpc) is 3.32. The second-order valence-corrected chi connectivity index (χ2v) is 9.69. The van der Waals surface area contributed by atoms with Gasteiger partial charge in [-0.05, 0) is 78.7 Å². The van der Waals surface area contributed by atoms with E-state index in [1.807, 2.05) is 12.4 Å². The zero-order valence-electron chi connectivity index (χ0n) is 21.6. The Balaban J connectivity index is 1.43. The van der Waals surface area contributed by atoms with E-state index in [1.165, 1.54) is 27.4 Å². The molecule has 0 saturated heterocycles. The summed E-state index contributed by atoms with van der Waals surface area (Å²) < 4.78 is 2.38. The molecule has 0 N–H and O–H groups in total. The predicted octanol–water partition coefficient (Wildman–Crippen LogP) is 9.02. The lowest BCUT2D eigenvalue weighted by molar-refractivity contribution is 1.14. The standard InChI is InChI=1S/C35H26N4/c1-25-20-26(27-22-36-24-37-23-27)16-18-33(25)39-34-15-9-8-14-31(34)32-21-30(17-19-35(32)39)38(28-10-4-2-5-11-28)29-12-6-3-7-13-29/h2-24H,1H3. The fraction of sp³-hybridized carbons (Fsp3) is 0.0286. The maximum atomic E-state index is 4.19. The predicted molar refractivity (Wildman–Crippen MR) is 161 cm³/mol. The van der Waals surface area contributed by atoms with E-state index in [4.69, 9.17) is 0 Å². The third-order valence-corrected chi connectivity index (χ3v) is 7.27. The lowest BCUT2D eigenvalue weighted by Crippen LogP contribution is -2.09. The van der Waals surface area contributed by atoms with Crippen molar-refractivity contribution in [2.75, 3.05) is 4.90 Å². The van der Waals surface area contributed by atoms with Crippen LogP contribution in [-0.4, -0.2) is 14.5 Å². The molecule has 0 radical (unpaired) electrons. The van der Waals surface area contributed by atoms with Crippen LogP contribution in [0, 0.1) is 6.92 Å². The van der Waals surface area contributed by atoms with Crippen LogP contribution in [0.5, 0.6) is 0 Å². The number of aromatic nitrogens is 3. The SMILES string of the molecule is Cc1cc(-c2cncnc2)ccc1-n1c2ccccc2c2cc(N(c3ccccc3)c3ccccc3)ccc21. The molecule has 0 bridgehead atoms. The first-order chi connectivity index (χ1) is 19.3. The van der Waals surface area contributed by atoms with Gasteiger partial charge in [-0.15, -0.1) is 0 Å². The van der Waals surface area contributed by atoms with E-state index < -0.39 is 0 Å². The zero-order chi connectivity index (χ0) is 26.2. The smallest absolute Gasteiger partial charge is 0.115 e. The van der Waals surface area contributed by atoms with Gasteiger partial charge < -0.3 is 9.47 Å². The molecule has 0 fully saturated rings. The van der Waals surface area contributed by atoms with E-state index in [0.717, 1.165) is 33.9 Å². The van der Waals surface area contributed by atoms with Gasteiger partial charge in [0.05, 0.1) is 11.0 Å². The van der Waals surface area contributed by atoms with Gasteiger partial charge in [-0.2, -0.15) is 0 Å². The van der Waals surface area contributed by atoms with Gasteiger partial charge in [0.2, 0.25) is 0 Å². The molecular weight excluding hydrogens is 476 g/mol. The van der Waals surface area contributed by atoms with Crippen molar-refractivity contribution < 1.29 is 0 Å². The molecule has 0 aliphatic heterocycles. The van der Waals surface area contributed by atoms with Gasteiger partial charge >= 0.3 is 0 Å². The summed E-state index contributed by atoms with van der Waals surface area (Å²) >= 11 is 0. The maximum absolute atomic E-state index is 4.19. The van der Waals surface area contributed by atoms with Crippen LogP contribution in [0.15, 0.2) is 140 Å². The van der Waals surface area contributed by atoms with Gasteiger partial charge in [0.1, 0.15) is 6.33 Å². The van der Waals surface area contributed by atoms with Crippen LogP contribution in [0.25, 0.3) is 38.6 Å². The number of nitrogens with zero attached hydrogens (tertiary/aromatic N) is 4. The highest BCUT2D eigenvalue weighted by Crippen LogP contribution is 2.40. The highest BCUT2D eigenvalue weighted by Gasteiger charge is 2.18. The van der Waals surface area contributed by atoms with Crippen molar-refractivity contribution in [1.82, 2.24) is 14.5 Å². The first-order valence-corrected chi connectivity index (χ1v) is 13.1. The Bertz CT molecular complexity index is 1870. The molecule has 0 spiro atoms. The average molecular weight is 503 g/mol. The summed E-state index contributed by atoms with van der Waals surface area (Å²) in [6.07, 6.45) is 5.27. The first-order valence-electron chi connectivity index (χ1n) is 13.1. The quantitative estimate of drug-likeness (QED) is 0.235. The number of rotatable bonds is 5. The van der Waals surface area contributed by atoms with E-state index in [2.05, 4.69) is 148 Å². The van der Waals surface area contributed by atoms with Crippen molar-refractivity contribution in [3.63, 3.8) is 0 Å². The number of anilines is 3. The van der Waals surface area contributed by atoms with E-state index in [9.17, 15) is 0 Å². The van der Waals surface area contributed by atoms with Gasteiger partial charge in [0.25, 0.3) is 0 Å². The van der Waals surface area contributed by atoms with Crippen LogP contribution in [0.4, 0.5) is 17.1 Å². The molecule has 2 aromatic heterocycles. The van der Waals surface area contributed by atoms with E-state index in [-0.39, 0.29) is 0 Å². The molecule has 5 aromatic carbocycles. The number of hydrogen-bond donors (Lipinski definition) is 0. The largest absolute Gasteiger partial charge is 0.310 e. The van der Waals surface area contributed by atoms with Crippen molar-refractivity contribution in [3.05, 3.63) is 146 Å². The highest BCUT2D eigenvalue weighted by molar-refractivity contribution is 6.10. The minimum atomic E-state index is 1.01. The van der Waals surface area contributed by atoms with Crippen molar-refractivity contribution >= 4 is 38.9 Å². The number of fused-ring (bicyclic) bond motifs is 3.